The summed E-state index contributed by atoms with van der Waals surface area (Å²) in [5, 5.41) is 6.97. The molecule has 2 aromatic rings. The molecule has 3 heterocycles. The van der Waals surface area contributed by atoms with E-state index in [0.717, 1.165) is 35.8 Å². The Balaban J connectivity index is 1.38. The minimum absolute atomic E-state index is 0.000155. The minimum atomic E-state index is -4.68. The summed E-state index contributed by atoms with van der Waals surface area (Å²) in [6.45, 7) is 2.84. The summed E-state index contributed by atoms with van der Waals surface area (Å²) in [6.07, 6.45) is -0.360. The van der Waals surface area contributed by atoms with Crippen LogP contribution in [0.15, 0.2) is 18.2 Å². The molecule has 1 aromatic carbocycles. The van der Waals surface area contributed by atoms with E-state index in [0.29, 0.717) is 6.42 Å². The summed E-state index contributed by atoms with van der Waals surface area (Å²) in [7, 11) is 0. The maximum atomic E-state index is 14.8. The molecule has 3 unspecified atom stereocenters. The van der Waals surface area contributed by atoms with Crippen molar-refractivity contribution in [2.24, 2.45) is 11.8 Å². The topological polar surface area (TPSA) is 92.2 Å². The van der Waals surface area contributed by atoms with Gasteiger partial charge in [-0.1, -0.05) is 18.9 Å². The monoisotopic (exact) mass is 508 g/mol. The van der Waals surface area contributed by atoms with Gasteiger partial charge >= 0.3 is 6.18 Å². The van der Waals surface area contributed by atoms with Gasteiger partial charge in [0, 0.05) is 18.5 Å². The fraction of sp³-hybridized carbons (Fsp3) is 0.583. The summed E-state index contributed by atoms with van der Waals surface area (Å²) in [4.78, 5) is 26.9. The standard InChI is InChI=1S/C24H28F4N6O2/c1-23(2)12-33(11-19-30-32-22(34(19)23)24(26,27)28)21(36)16-9-13(7-8-17(16)25)10-18-14-5-3-4-6-15(14)20(35)31-29-18/h7-9,14-15,18,29H,3-6,10-12H2,1-2H3,(H,31,35). The van der Waals surface area contributed by atoms with E-state index in [4.69, 9.17) is 0 Å². The van der Waals surface area contributed by atoms with E-state index in [2.05, 4.69) is 21.0 Å². The average Bonchev–Trinajstić information content (AvgIpc) is 3.27. The molecule has 2 aliphatic heterocycles. The Bertz CT molecular complexity index is 1190. The quantitative estimate of drug-likeness (QED) is 0.622. The molecule has 12 heteroatoms. The number of hydrogen-bond donors (Lipinski definition) is 2. The predicted molar refractivity (Wildman–Crippen MR) is 120 cm³/mol. The van der Waals surface area contributed by atoms with Crippen molar-refractivity contribution in [3.8, 4) is 0 Å². The zero-order valence-corrected chi connectivity index (χ0v) is 20.0. The molecule has 3 aliphatic rings. The third-order valence-corrected chi connectivity index (χ3v) is 7.56. The van der Waals surface area contributed by atoms with E-state index >= 15 is 0 Å². The van der Waals surface area contributed by atoms with Crippen molar-refractivity contribution in [3.05, 3.63) is 46.8 Å². The highest BCUT2D eigenvalue weighted by Crippen LogP contribution is 2.37. The van der Waals surface area contributed by atoms with Gasteiger partial charge in [-0.25, -0.2) is 9.82 Å². The normalized spacial score (nSPS) is 25.7. The number of hydrazine groups is 1. The Morgan fingerprint density at radius 2 is 1.94 bits per heavy atom. The van der Waals surface area contributed by atoms with Crippen LogP contribution < -0.4 is 10.9 Å². The summed E-state index contributed by atoms with van der Waals surface area (Å²) >= 11 is 0. The van der Waals surface area contributed by atoms with Crippen molar-refractivity contribution in [1.29, 1.82) is 0 Å². The maximum absolute atomic E-state index is 14.8. The number of rotatable bonds is 3. The highest BCUT2D eigenvalue weighted by atomic mass is 19.4. The molecular formula is C24H28F4N6O2. The molecule has 0 spiro atoms. The van der Waals surface area contributed by atoms with Gasteiger partial charge in [-0.3, -0.25) is 19.6 Å². The van der Waals surface area contributed by atoms with E-state index in [9.17, 15) is 27.2 Å². The maximum Gasteiger partial charge on any atom is 0.451 e. The number of nitrogens with zero attached hydrogens (tertiary/aromatic N) is 4. The van der Waals surface area contributed by atoms with Crippen molar-refractivity contribution < 1.29 is 27.2 Å². The molecule has 1 saturated heterocycles. The number of amides is 2. The Labute approximate surface area is 205 Å². The molecule has 1 aliphatic carbocycles. The van der Waals surface area contributed by atoms with Crippen LogP contribution in [0.5, 0.6) is 0 Å². The number of hydrogen-bond acceptors (Lipinski definition) is 5. The van der Waals surface area contributed by atoms with Crippen LogP contribution in [0.25, 0.3) is 0 Å². The van der Waals surface area contributed by atoms with Gasteiger partial charge in [0.25, 0.3) is 5.91 Å². The van der Waals surface area contributed by atoms with Crippen molar-refractivity contribution in [3.63, 3.8) is 0 Å². The number of nitrogens with one attached hydrogen (secondary N) is 2. The summed E-state index contributed by atoms with van der Waals surface area (Å²) in [5.41, 5.74) is 5.27. The first-order chi connectivity index (χ1) is 17.0. The van der Waals surface area contributed by atoms with E-state index in [1.165, 1.54) is 17.0 Å². The molecule has 194 valence electrons. The molecule has 0 bridgehead atoms. The van der Waals surface area contributed by atoms with Crippen LogP contribution in [-0.4, -0.2) is 44.1 Å². The van der Waals surface area contributed by atoms with Crippen molar-refractivity contribution >= 4 is 11.8 Å². The SMILES string of the molecule is CC1(C)CN(C(=O)c2cc(CC3NNC(=O)C4CCCCC34)ccc2F)Cc2nnc(C(F)(F)F)n21. The lowest BCUT2D eigenvalue weighted by molar-refractivity contribution is -0.150. The molecular weight excluding hydrogens is 480 g/mol. The van der Waals surface area contributed by atoms with Gasteiger partial charge in [0.05, 0.1) is 17.6 Å². The number of fused-ring (bicyclic) bond motifs is 2. The first-order valence-electron chi connectivity index (χ1n) is 12.1. The fourth-order valence-corrected chi connectivity index (χ4v) is 5.97. The van der Waals surface area contributed by atoms with Gasteiger partial charge in [0.1, 0.15) is 5.82 Å². The van der Waals surface area contributed by atoms with Gasteiger partial charge in [-0.05, 0) is 56.7 Å². The lowest BCUT2D eigenvalue weighted by Crippen LogP contribution is -2.60. The molecule has 2 amide bonds. The number of benzene rings is 1. The second-order valence-corrected chi connectivity index (χ2v) is 10.6. The first kappa shape index (κ1) is 24.7. The molecule has 5 rings (SSSR count). The molecule has 2 N–H and O–H groups in total. The number of aromatic nitrogens is 3. The van der Waals surface area contributed by atoms with Gasteiger partial charge in [0.15, 0.2) is 5.82 Å². The van der Waals surface area contributed by atoms with E-state index in [1.807, 2.05) is 0 Å². The van der Waals surface area contributed by atoms with Gasteiger partial charge in [-0.2, -0.15) is 13.2 Å². The number of alkyl halides is 3. The largest absolute Gasteiger partial charge is 0.451 e. The molecule has 1 saturated carbocycles. The van der Waals surface area contributed by atoms with Crippen molar-refractivity contribution in [2.75, 3.05) is 6.54 Å². The van der Waals surface area contributed by atoms with E-state index < -0.39 is 29.3 Å². The third-order valence-electron chi connectivity index (χ3n) is 7.56. The molecule has 0 radical (unpaired) electrons. The van der Waals surface area contributed by atoms with Crippen LogP contribution >= 0.6 is 0 Å². The summed E-state index contributed by atoms with van der Waals surface area (Å²) in [6, 6.07) is 4.31. The third kappa shape index (κ3) is 4.35. The molecule has 2 fully saturated rings. The number of halogens is 4. The second kappa shape index (κ2) is 8.82. The van der Waals surface area contributed by atoms with Crippen LogP contribution in [0.2, 0.25) is 0 Å². The van der Waals surface area contributed by atoms with Crippen LogP contribution in [0, 0.1) is 17.7 Å². The zero-order valence-electron chi connectivity index (χ0n) is 20.0. The number of carbonyl (C=O) groups excluding carboxylic acids is 2. The van der Waals surface area contributed by atoms with E-state index in [1.54, 1.807) is 19.9 Å². The Morgan fingerprint density at radius 1 is 1.19 bits per heavy atom. The predicted octanol–water partition coefficient (Wildman–Crippen LogP) is 3.18. The van der Waals surface area contributed by atoms with Crippen LogP contribution in [0.4, 0.5) is 17.6 Å². The summed E-state index contributed by atoms with van der Waals surface area (Å²) < 4.78 is 56.0. The van der Waals surface area contributed by atoms with Crippen LogP contribution in [0.1, 0.15) is 67.1 Å². The van der Waals surface area contributed by atoms with Gasteiger partial charge < -0.3 is 4.90 Å². The fourth-order valence-electron chi connectivity index (χ4n) is 5.97. The zero-order chi connectivity index (χ0) is 25.8. The van der Waals surface area contributed by atoms with Crippen LogP contribution in [-0.2, 0) is 29.5 Å². The number of carbonyl (C=O) groups is 2. The first-order valence-corrected chi connectivity index (χ1v) is 12.1. The highest BCUT2D eigenvalue weighted by Gasteiger charge is 2.46. The average molecular weight is 509 g/mol. The Morgan fingerprint density at radius 3 is 2.69 bits per heavy atom. The molecule has 1 aromatic heterocycles. The molecule has 3 atom stereocenters. The Kier molecular flexibility index (Phi) is 6.05. The van der Waals surface area contributed by atoms with Crippen molar-refractivity contribution in [2.45, 2.75) is 70.3 Å². The van der Waals surface area contributed by atoms with Crippen LogP contribution in [0.3, 0.4) is 0 Å². The molecule has 36 heavy (non-hydrogen) atoms. The lowest BCUT2D eigenvalue weighted by Gasteiger charge is -2.41. The highest BCUT2D eigenvalue weighted by molar-refractivity contribution is 5.94. The second-order valence-electron chi connectivity index (χ2n) is 10.6. The summed E-state index contributed by atoms with van der Waals surface area (Å²) in [5.74, 6) is -2.34. The Hall–Kier alpha value is -3.02. The smallest absolute Gasteiger partial charge is 0.329 e. The lowest BCUT2D eigenvalue weighted by atomic mass is 9.72. The van der Waals surface area contributed by atoms with E-state index in [-0.39, 0.29) is 48.3 Å². The molecule has 8 nitrogen and oxygen atoms in total. The minimum Gasteiger partial charge on any atom is -0.329 e. The van der Waals surface area contributed by atoms with Crippen molar-refractivity contribution in [1.82, 2.24) is 30.5 Å². The van der Waals surface area contributed by atoms with Gasteiger partial charge in [-0.15, -0.1) is 10.2 Å². The van der Waals surface area contributed by atoms with Gasteiger partial charge in [0.2, 0.25) is 11.7 Å².